The molecular formula is C32H34N2O4. The minimum Gasteiger partial charge on any atom is -0.496 e. The average molecular weight is 511 g/mol. The number of methoxy groups -OCH3 is 1. The molecule has 196 valence electrons. The minimum absolute atomic E-state index is 0.0226. The Bertz CT molecular complexity index is 1300. The largest absolute Gasteiger partial charge is 0.496 e. The number of hydrogen-bond donors (Lipinski definition) is 1. The van der Waals surface area contributed by atoms with E-state index in [2.05, 4.69) is 6.07 Å². The molecule has 0 radical (unpaired) electrons. The number of carbonyl (C=O) groups is 1. The molecule has 5 rings (SSSR count). The highest BCUT2D eigenvalue weighted by Crippen LogP contribution is 2.52. The van der Waals surface area contributed by atoms with Gasteiger partial charge in [-0.05, 0) is 42.4 Å². The van der Waals surface area contributed by atoms with Gasteiger partial charge >= 0.3 is 0 Å². The third-order valence-corrected chi connectivity index (χ3v) is 8.15. The van der Waals surface area contributed by atoms with Gasteiger partial charge in [-0.2, -0.15) is 5.26 Å². The van der Waals surface area contributed by atoms with E-state index >= 15 is 0 Å². The van der Waals surface area contributed by atoms with Crippen molar-refractivity contribution in [2.75, 3.05) is 20.2 Å². The minimum atomic E-state index is -1.16. The van der Waals surface area contributed by atoms with Crippen molar-refractivity contribution < 1.29 is 19.4 Å². The molecular weight excluding hydrogens is 476 g/mol. The van der Waals surface area contributed by atoms with Crippen molar-refractivity contribution in [3.8, 4) is 17.6 Å². The molecule has 0 unspecified atom stereocenters. The van der Waals surface area contributed by atoms with Gasteiger partial charge in [0.25, 0.3) is 0 Å². The van der Waals surface area contributed by atoms with Gasteiger partial charge in [0.05, 0.1) is 25.2 Å². The van der Waals surface area contributed by atoms with Crippen LogP contribution in [0.5, 0.6) is 11.5 Å². The van der Waals surface area contributed by atoms with E-state index < -0.39 is 5.60 Å². The second-order valence-corrected chi connectivity index (χ2v) is 10.5. The zero-order valence-electron chi connectivity index (χ0n) is 21.8. The molecule has 6 heteroatoms. The lowest BCUT2D eigenvalue weighted by atomic mass is 9.63. The van der Waals surface area contributed by atoms with Gasteiger partial charge in [0.15, 0.2) is 0 Å². The number of carbonyl (C=O) groups excluding carboxylic acids is 1. The summed E-state index contributed by atoms with van der Waals surface area (Å²) in [4.78, 5) is 15.5. The Morgan fingerprint density at radius 1 is 1.03 bits per heavy atom. The van der Waals surface area contributed by atoms with E-state index in [4.69, 9.17) is 9.47 Å². The lowest BCUT2D eigenvalue weighted by molar-refractivity contribution is -0.130. The van der Waals surface area contributed by atoms with E-state index in [0.29, 0.717) is 44.0 Å². The fourth-order valence-corrected chi connectivity index (χ4v) is 6.36. The Morgan fingerprint density at radius 2 is 1.74 bits per heavy atom. The maximum Gasteiger partial charge on any atom is 0.227 e. The van der Waals surface area contributed by atoms with Gasteiger partial charge in [-0.1, -0.05) is 66.7 Å². The molecule has 38 heavy (non-hydrogen) atoms. The molecule has 2 fully saturated rings. The van der Waals surface area contributed by atoms with Gasteiger partial charge < -0.3 is 19.5 Å². The van der Waals surface area contributed by atoms with Gasteiger partial charge in [0.2, 0.25) is 5.91 Å². The lowest BCUT2D eigenvalue weighted by Gasteiger charge is -2.45. The van der Waals surface area contributed by atoms with Crippen LogP contribution in [0.15, 0.2) is 78.9 Å². The number of aliphatic hydroxyl groups is 1. The van der Waals surface area contributed by atoms with Crippen molar-refractivity contribution in [2.45, 2.75) is 37.9 Å². The van der Waals surface area contributed by atoms with Crippen LogP contribution >= 0.6 is 0 Å². The second kappa shape index (κ2) is 11.3. The van der Waals surface area contributed by atoms with Gasteiger partial charge in [-0.3, -0.25) is 4.79 Å². The van der Waals surface area contributed by atoms with E-state index in [-0.39, 0.29) is 30.1 Å². The number of ether oxygens (including phenoxy) is 2. The summed E-state index contributed by atoms with van der Waals surface area (Å²) < 4.78 is 11.7. The predicted octanol–water partition coefficient (Wildman–Crippen LogP) is 5.10. The maximum absolute atomic E-state index is 13.6. The standard InChI is InChI=1S/C32H34N2O4/c1-37-30-14-8-6-12-27(30)32(36)19-24(15-16-33)17-26-20-34(21-28(26)32)31(35)18-25-11-5-7-13-29(25)38-22-23-9-3-2-4-10-23/h2-14,24,26,28,36H,15,17-22H2,1H3/t24-,26+,28-,32-/m1/s1. The molecule has 0 bridgehead atoms. The van der Waals surface area contributed by atoms with Gasteiger partial charge in [-0.25, -0.2) is 0 Å². The Hall–Kier alpha value is -3.82. The third-order valence-electron chi connectivity index (χ3n) is 8.15. The SMILES string of the molecule is COc1ccccc1[C@]1(O)C[C@H](CC#N)C[C@H]2CN(C(=O)Cc3ccccc3OCc3ccccc3)C[C@H]21. The predicted molar refractivity (Wildman–Crippen MR) is 144 cm³/mol. The first kappa shape index (κ1) is 25.8. The van der Waals surface area contributed by atoms with Crippen LogP contribution < -0.4 is 9.47 Å². The normalized spacial score (nSPS) is 24.3. The zero-order chi connectivity index (χ0) is 26.5. The summed E-state index contributed by atoms with van der Waals surface area (Å²) in [7, 11) is 1.61. The second-order valence-electron chi connectivity index (χ2n) is 10.5. The molecule has 1 aliphatic carbocycles. The fraction of sp³-hybridized carbons (Fsp3) is 0.375. The smallest absolute Gasteiger partial charge is 0.227 e. The van der Waals surface area contributed by atoms with Crippen LogP contribution in [0.2, 0.25) is 0 Å². The van der Waals surface area contributed by atoms with Crippen molar-refractivity contribution in [1.82, 2.24) is 4.90 Å². The van der Waals surface area contributed by atoms with Crippen LogP contribution in [0.4, 0.5) is 0 Å². The van der Waals surface area contributed by atoms with Crippen LogP contribution in [0.1, 0.15) is 36.0 Å². The molecule has 4 atom stereocenters. The number of fused-ring (bicyclic) bond motifs is 1. The molecule has 1 saturated heterocycles. The summed E-state index contributed by atoms with van der Waals surface area (Å²) in [6.45, 7) is 1.49. The van der Waals surface area contributed by atoms with Crippen molar-refractivity contribution in [2.24, 2.45) is 17.8 Å². The summed E-state index contributed by atoms with van der Waals surface area (Å²) >= 11 is 0. The number of likely N-dealkylation sites (tertiary alicyclic amines) is 1. The molecule has 0 spiro atoms. The Kier molecular flexibility index (Phi) is 7.67. The first-order valence-electron chi connectivity index (χ1n) is 13.3. The first-order chi connectivity index (χ1) is 18.5. The lowest BCUT2D eigenvalue weighted by Crippen LogP contribution is -2.46. The van der Waals surface area contributed by atoms with Crippen LogP contribution in [-0.4, -0.2) is 36.1 Å². The Labute approximate surface area is 224 Å². The Balaban J connectivity index is 1.34. The third kappa shape index (κ3) is 5.25. The van der Waals surface area contributed by atoms with Gasteiger partial charge in [0, 0.05) is 36.6 Å². The molecule has 1 heterocycles. The van der Waals surface area contributed by atoms with Crippen molar-refractivity contribution >= 4 is 5.91 Å². The molecule has 1 aliphatic heterocycles. The summed E-state index contributed by atoms with van der Waals surface area (Å²) in [5.41, 5.74) is 1.50. The average Bonchev–Trinajstić information content (AvgIpc) is 3.39. The van der Waals surface area contributed by atoms with E-state index in [0.717, 1.165) is 23.1 Å². The highest BCUT2D eigenvalue weighted by Gasteiger charge is 2.54. The van der Waals surface area contributed by atoms with Crippen LogP contribution in [0.25, 0.3) is 0 Å². The molecule has 6 nitrogen and oxygen atoms in total. The molecule has 2 aliphatic rings. The number of benzene rings is 3. The highest BCUT2D eigenvalue weighted by molar-refractivity contribution is 5.80. The van der Waals surface area contributed by atoms with Gasteiger partial charge in [-0.15, -0.1) is 0 Å². The molecule has 3 aromatic rings. The van der Waals surface area contributed by atoms with E-state index in [1.54, 1.807) is 7.11 Å². The summed E-state index contributed by atoms with van der Waals surface area (Å²) in [6.07, 6.45) is 1.94. The summed E-state index contributed by atoms with van der Waals surface area (Å²) in [6, 6.07) is 27.5. The van der Waals surface area contributed by atoms with Crippen LogP contribution in [0.3, 0.4) is 0 Å². The fourth-order valence-electron chi connectivity index (χ4n) is 6.36. The number of amides is 1. The van der Waals surface area contributed by atoms with E-state index in [1.165, 1.54) is 0 Å². The molecule has 1 saturated carbocycles. The highest BCUT2D eigenvalue weighted by atomic mass is 16.5. The van der Waals surface area contributed by atoms with Crippen molar-refractivity contribution in [1.29, 1.82) is 5.26 Å². The topological polar surface area (TPSA) is 82.8 Å². The number of hydrogen-bond acceptors (Lipinski definition) is 5. The number of para-hydroxylation sites is 2. The molecule has 0 aromatic heterocycles. The first-order valence-corrected chi connectivity index (χ1v) is 13.3. The van der Waals surface area contributed by atoms with E-state index in [1.807, 2.05) is 83.8 Å². The van der Waals surface area contributed by atoms with E-state index in [9.17, 15) is 15.2 Å². The molecule has 1 amide bonds. The van der Waals surface area contributed by atoms with Crippen LogP contribution in [-0.2, 0) is 23.4 Å². The zero-order valence-corrected chi connectivity index (χ0v) is 21.8. The summed E-state index contributed by atoms with van der Waals surface area (Å²) in [5.74, 6) is 1.43. The number of rotatable bonds is 8. The van der Waals surface area contributed by atoms with Crippen molar-refractivity contribution in [3.05, 3.63) is 95.6 Å². The van der Waals surface area contributed by atoms with Gasteiger partial charge in [0.1, 0.15) is 18.1 Å². The number of nitriles is 1. The Morgan fingerprint density at radius 3 is 2.50 bits per heavy atom. The monoisotopic (exact) mass is 510 g/mol. The molecule has 1 N–H and O–H groups in total. The van der Waals surface area contributed by atoms with Crippen LogP contribution in [0, 0.1) is 29.1 Å². The quantitative estimate of drug-likeness (QED) is 0.456. The summed E-state index contributed by atoms with van der Waals surface area (Å²) in [5, 5.41) is 21.6. The maximum atomic E-state index is 13.6. The number of nitrogens with zero attached hydrogens (tertiary/aromatic N) is 2. The molecule has 3 aromatic carbocycles. The van der Waals surface area contributed by atoms with Crippen molar-refractivity contribution in [3.63, 3.8) is 0 Å².